The van der Waals surface area contributed by atoms with Gasteiger partial charge in [-0.25, -0.2) is 8.42 Å². The largest absolute Gasteiger partial charge is 0.465 e. The van der Waals surface area contributed by atoms with Gasteiger partial charge < -0.3 is 9.73 Å². The van der Waals surface area contributed by atoms with Crippen LogP contribution in [-0.2, 0) is 16.6 Å². The Morgan fingerprint density at radius 2 is 1.90 bits per heavy atom. The van der Waals surface area contributed by atoms with E-state index in [2.05, 4.69) is 5.32 Å². The summed E-state index contributed by atoms with van der Waals surface area (Å²) in [6.45, 7) is 8.52. The van der Waals surface area contributed by atoms with E-state index >= 15 is 0 Å². The number of hydrogen-bond donors (Lipinski definition) is 1. The first-order valence-corrected chi connectivity index (χ1v) is 8.98. The van der Waals surface area contributed by atoms with Crippen molar-refractivity contribution >= 4 is 10.0 Å². The molecule has 0 bridgehead atoms. The monoisotopic (exact) mass is 314 g/mol. The van der Waals surface area contributed by atoms with E-state index in [-0.39, 0.29) is 6.04 Å². The number of furan rings is 1. The van der Waals surface area contributed by atoms with Gasteiger partial charge in [0.15, 0.2) is 0 Å². The van der Waals surface area contributed by atoms with Crippen LogP contribution in [0.1, 0.15) is 43.8 Å². The molecular formula is C15H26N2O3S. The summed E-state index contributed by atoms with van der Waals surface area (Å²) < 4.78 is 33.4. The van der Waals surface area contributed by atoms with Gasteiger partial charge in [-0.3, -0.25) is 0 Å². The molecule has 1 aromatic heterocycles. The van der Waals surface area contributed by atoms with Crippen molar-refractivity contribution in [3.63, 3.8) is 0 Å². The van der Waals surface area contributed by atoms with Crippen LogP contribution in [0.2, 0.25) is 0 Å². The molecule has 1 heterocycles. The second-order valence-corrected chi connectivity index (χ2v) is 7.99. The van der Waals surface area contributed by atoms with Crippen LogP contribution in [0, 0.1) is 19.8 Å². The molecule has 1 aliphatic carbocycles. The lowest BCUT2D eigenvalue weighted by molar-refractivity contribution is 0.340. The van der Waals surface area contributed by atoms with E-state index in [0.717, 1.165) is 18.4 Å². The molecule has 1 fully saturated rings. The lowest BCUT2D eigenvalue weighted by Gasteiger charge is -2.26. The molecule has 21 heavy (non-hydrogen) atoms. The highest BCUT2D eigenvalue weighted by Gasteiger charge is 2.37. The van der Waals surface area contributed by atoms with Crippen LogP contribution >= 0.6 is 0 Å². The fourth-order valence-corrected chi connectivity index (χ4v) is 4.82. The Bertz CT molecular complexity index is 601. The van der Waals surface area contributed by atoms with Crippen molar-refractivity contribution in [3.8, 4) is 0 Å². The van der Waals surface area contributed by atoms with Gasteiger partial charge in [0.2, 0.25) is 10.0 Å². The van der Waals surface area contributed by atoms with Crippen molar-refractivity contribution in [1.29, 1.82) is 0 Å². The smallest absolute Gasteiger partial charge is 0.247 e. The van der Waals surface area contributed by atoms with Crippen LogP contribution < -0.4 is 5.32 Å². The molecule has 1 aromatic rings. The molecular weight excluding hydrogens is 288 g/mol. The molecule has 1 N–H and O–H groups in total. The molecule has 0 spiro atoms. The van der Waals surface area contributed by atoms with E-state index in [0.29, 0.717) is 35.4 Å². The summed E-state index contributed by atoms with van der Waals surface area (Å²) in [4.78, 5) is 0.351. The first-order chi connectivity index (χ1) is 9.78. The summed E-state index contributed by atoms with van der Waals surface area (Å²) in [6, 6.07) is -0.0485. The van der Waals surface area contributed by atoms with Crippen LogP contribution in [-0.4, -0.2) is 32.4 Å². The third-order valence-electron chi connectivity index (χ3n) is 3.96. The van der Waals surface area contributed by atoms with E-state index in [1.807, 2.05) is 27.8 Å². The highest BCUT2D eigenvalue weighted by molar-refractivity contribution is 7.89. The van der Waals surface area contributed by atoms with Crippen LogP contribution in [0.3, 0.4) is 0 Å². The molecule has 0 saturated heterocycles. The first kappa shape index (κ1) is 16.5. The van der Waals surface area contributed by atoms with Gasteiger partial charge in [-0.1, -0.05) is 0 Å². The Balaban J connectivity index is 2.45. The van der Waals surface area contributed by atoms with Crippen molar-refractivity contribution in [2.75, 3.05) is 13.6 Å². The predicted molar refractivity (Wildman–Crippen MR) is 82.7 cm³/mol. The van der Waals surface area contributed by atoms with Crippen molar-refractivity contribution in [1.82, 2.24) is 9.62 Å². The fourth-order valence-electron chi connectivity index (χ4n) is 2.69. The average molecular weight is 314 g/mol. The van der Waals surface area contributed by atoms with E-state index in [1.54, 1.807) is 11.2 Å². The molecule has 1 saturated carbocycles. The zero-order valence-corrected chi connectivity index (χ0v) is 14.4. The number of nitrogens with zero attached hydrogens (tertiary/aromatic N) is 1. The number of rotatable bonds is 7. The van der Waals surface area contributed by atoms with E-state index in [9.17, 15) is 8.42 Å². The van der Waals surface area contributed by atoms with Crippen molar-refractivity contribution in [3.05, 3.63) is 17.1 Å². The minimum absolute atomic E-state index is 0.0485. The minimum atomic E-state index is -3.52. The molecule has 0 radical (unpaired) electrons. The van der Waals surface area contributed by atoms with Crippen LogP contribution in [0.25, 0.3) is 0 Å². The summed E-state index contributed by atoms with van der Waals surface area (Å²) in [6.07, 6.45) is 2.26. The maximum absolute atomic E-state index is 13.1. The Hall–Kier alpha value is -0.850. The van der Waals surface area contributed by atoms with E-state index in [1.165, 1.54) is 0 Å². The summed E-state index contributed by atoms with van der Waals surface area (Å²) in [7, 11) is -1.71. The maximum atomic E-state index is 13.1. The fraction of sp³-hybridized carbons (Fsp3) is 0.733. The average Bonchev–Trinajstić information content (AvgIpc) is 3.13. The SMILES string of the molecule is CNCc1c(C)oc(C)c1S(=O)(=O)N(CC1CC1)C(C)C. The second kappa shape index (κ2) is 6.10. The zero-order chi connectivity index (χ0) is 15.8. The standard InChI is InChI=1S/C15H26N2O3S/c1-10(2)17(9-13-6-7-13)21(18,19)15-12(4)20-11(3)14(15)8-16-5/h10,13,16H,6-9H2,1-5H3. The van der Waals surface area contributed by atoms with Crippen LogP contribution in [0.15, 0.2) is 9.31 Å². The van der Waals surface area contributed by atoms with Crippen molar-refractivity contribution < 1.29 is 12.8 Å². The molecule has 1 aliphatic rings. The molecule has 0 aliphatic heterocycles. The summed E-state index contributed by atoms with van der Waals surface area (Å²) in [5, 5.41) is 3.03. The quantitative estimate of drug-likeness (QED) is 0.839. The molecule has 120 valence electrons. The minimum Gasteiger partial charge on any atom is -0.465 e. The third kappa shape index (κ3) is 3.33. The Labute approximate surface area is 127 Å². The molecule has 0 atom stereocenters. The molecule has 2 rings (SSSR count). The van der Waals surface area contributed by atoms with Gasteiger partial charge in [0.25, 0.3) is 0 Å². The van der Waals surface area contributed by atoms with Gasteiger partial charge in [0, 0.05) is 24.7 Å². The first-order valence-electron chi connectivity index (χ1n) is 7.54. The van der Waals surface area contributed by atoms with Gasteiger partial charge in [-0.05, 0) is 53.5 Å². The predicted octanol–water partition coefficient (Wildman–Crippen LogP) is 2.42. The van der Waals surface area contributed by atoms with Crippen LogP contribution in [0.5, 0.6) is 0 Å². The summed E-state index contributed by atoms with van der Waals surface area (Å²) in [5.74, 6) is 1.68. The lowest BCUT2D eigenvalue weighted by atomic mass is 10.2. The Morgan fingerprint density at radius 1 is 1.29 bits per heavy atom. The van der Waals surface area contributed by atoms with Gasteiger partial charge in [0.05, 0.1) is 0 Å². The van der Waals surface area contributed by atoms with Crippen LogP contribution in [0.4, 0.5) is 0 Å². The van der Waals surface area contributed by atoms with Gasteiger partial charge in [-0.2, -0.15) is 4.31 Å². The second-order valence-electron chi connectivity index (χ2n) is 6.16. The molecule has 5 nitrogen and oxygen atoms in total. The molecule has 0 unspecified atom stereocenters. The van der Waals surface area contributed by atoms with E-state index < -0.39 is 10.0 Å². The zero-order valence-electron chi connectivity index (χ0n) is 13.6. The van der Waals surface area contributed by atoms with Gasteiger partial charge in [-0.15, -0.1) is 0 Å². The van der Waals surface area contributed by atoms with Crippen molar-refractivity contribution in [2.45, 2.75) is 58.0 Å². The summed E-state index contributed by atoms with van der Waals surface area (Å²) >= 11 is 0. The number of sulfonamides is 1. The van der Waals surface area contributed by atoms with Gasteiger partial charge in [0.1, 0.15) is 16.4 Å². The maximum Gasteiger partial charge on any atom is 0.247 e. The number of aryl methyl sites for hydroxylation is 2. The normalized spacial score (nSPS) is 16.1. The molecule has 6 heteroatoms. The topological polar surface area (TPSA) is 62.6 Å². The Kier molecular flexibility index (Phi) is 4.80. The van der Waals surface area contributed by atoms with E-state index in [4.69, 9.17) is 4.42 Å². The number of hydrogen-bond acceptors (Lipinski definition) is 4. The highest BCUT2D eigenvalue weighted by Crippen LogP contribution is 2.35. The van der Waals surface area contributed by atoms with Gasteiger partial charge >= 0.3 is 0 Å². The Morgan fingerprint density at radius 3 is 2.38 bits per heavy atom. The highest BCUT2D eigenvalue weighted by atomic mass is 32.2. The van der Waals surface area contributed by atoms with Crippen molar-refractivity contribution in [2.24, 2.45) is 5.92 Å². The summed E-state index contributed by atoms with van der Waals surface area (Å²) in [5.41, 5.74) is 0.747. The molecule has 0 aromatic carbocycles. The number of nitrogens with one attached hydrogen (secondary N) is 1. The lowest BCUT2D eigenvalue weighted by Crippen LogP contribution is -2.39. The molecule has 0 amide bonds. The third-order valence-corrected chi connectivity index (χ3v) is 6.19.